The fraction of sp³-hybridized carbons (Fsp3) is 0.233. The normalized spacial score (nSPS) is 15.3. The van der Waals surface area contributed by atoms with Crippen LogP contribution in [0.4, 0.5) is 0 Å². The highest BCUT2D eigenvalue weighted by Crippen LogP contribution is 2.37. The number of H-pyrrole nitrogens is 1. The minimum Gasteiger partial charge on any atom is -0.466 e. The molecule has 1 heterocycles. The third-order valence-electron chi connectivity index (χ3n) is 6.84. The van der Waals surface area contributed by atoms with E-state index in [0.29, 0.717) is 6.04 Å². The molecule has 3 aromatic carbocycles. The SMILES string of the molecule is COC(=O)C=Cc1ccc2c(c1)CCC2N(CCc1c[nH]c2ccccc12)Cc1ccccc1. The lowest BCUT2D eigenvalue weighted by Crippen LogP contribution is -2.29. The number of aryl methyl sites for hydroxylation is 1. The van der Waals surface area contributed by atoms with Crippen LogP contribution in [0.15, 0.2) is 85.1 Å². The molecule has 0 fully saturated rings. The highest BCUT2D eigenvalue weighted by Gasteiger charge is 2.28. The summed E-state index contributed by atoms with van der Waals surface area (Å²) in [5, 5.41) is 1.32. The minimum atomic E-state index is -0.329. The van der Waals surface area contributed by atoms with Crippen LogP contribution < -0.4 is 0 Å². The number of methoxy groups -OCH3 is 1. The van der Waals surface area contributed by atoms with Crippen LogP contribution in [0.25, 0.3) is 17.0 Å². The standard InChI is InChI=1S/C30H30N2O2/c1-34-30(33)16-12-22-11-14-27-24(19-22)13-15-29(27)32(21-23-7-3-2-4-8-23)18-17-25-20-31-28-10-6-5-9-26(25)28/h2-12,14,16,19-20,29,31H,13,15,17-18,21H2,1H3. The second-order valence-electron chi connectivity index (χ2n) is 8.93. The van der Waals surface area contributed by atoms with Gasteiger partial charge in [0.05, 0.1) is 7.11 Å². The van der Waals surface area contributed by atoms with Gasteiger partial charge in [0.1, 0.15) is 0 Å². The van der Waals surface area contributed by atoms with Gasteiger partial charge in [0.25, 0.3) is 0 Å². The predicted molar refractivity (Wildman–Crippen MR) is 137 cm³/mol. The number of carbonyl (C=O) groups excluding carboxylic acids is 1. The molecule has 172 valence electrons. The highest BCUT2D eigenvalue weighted by molar-refractivity contribution is 5.87. The number of aromatic amines is 1. The van der Waals surface area contributed by atoms with Crippen LogP contribution in [-0.2, 0) is 28.9 Å². The van der Waals surface area contributed by atoms with Crippen molar-refractivity contribution in [2.24, 2.45) is 0 Å². The number of esters is 1. The van der Waals surface area contributed by atoms with Crippen molar-refractivity contribution in [3.63, 3.8) is 0 Å². The Kier molecular flexibility index (Phi) is 6.59. The Morgan fingerprint density at radius 1 is 1.09 bits per heavy atom. The second kappa shape index (κ2) is 10.1. The van der Waals surface area contributed by atoms with Crippen LogP contribution in [0.2, 0.25) is 0 Å². The van der Waals surface area contributed by atoms with Crippen molar-refractivity contribution in [3.8, 4) is 0 Å². The van der Waals surface area contributed by atoms with E-state index in [2.05, 4.69) is 88.9 Å². The van der Waals surface area contributed by atoms with Crippen LogP contribution >= 0.6 is 0 Å². The van der Waals surface area contributed by atoms with Crippen LogP contribution in [0.3, 0.4) is 0 Å². The molecule has 0 spiro atoms. The topological polar surface area (TPSA) is 45.3 Å². The van der Waals surface area contributed by atoms with Gasteiger partial charge in [-0.05, 0) is 59.2 Å². The average molecular weight is 451 g/mol. The molecule has 4 heteroatoms. The van der Waals surface area contributed by atoms with Crippen LogP contribution in [0.5, 0.6) is 0 Å². The Bertz CT molecular complexity index is 1310. The number of rotatable bonds is 8. The third-order valence-corrected chi connectivity index (χ3v) is 6.84. The van der Waals surface area contributed by atoms with Crippen molar-refractivity contribution >= 4 is 22.9 Å². The number of hydrogen-bond acceptors (Lipinski definition) is 3. The van der Waals surface area contributed by atoms with Gasteiger partial charge in [-0.2, -0.15) is 0 Å². The first-order chi connectivity index (χ1) is 16.7. The fourth-order valence-electron chi connectivity index (χ4n) is 5.10. The van der Waals surface area contributed by atoms with E-state index in [-0.39, 0.29) is 5.97 Å². The molecule has 0 bridgehead atoms. The maximum absolute atomic E-state index is 11.5. The molecule has 1 atom stereocenters. The number of nitrogens with one attached hydrogen (secondary N) is 1. The number of aromatic nitrogens is 1. The van der Waals surface area contributed by atoms with E-state index in [9.17, 15) is 4.79 Å². The summed E-state index contributed by atoms with van der Waals surface area (Å²) in [7, 11) is 1.40. The van der Waals surface area contributed by atoms with E-state index in [0.717, 1.165) is 37.9 Å². The highest BCUT2D eigenvalue weighted by atomic mass is 16.5. The molecular weight excluding hydrogens is 420 g/mol. The van der Waals surface area contributed by atoms with Gasteiger partial charge in [-0.15, -0.1) is 0 Å². The zero-order valence-corrected chi connectivity index (χ0v) is 19.5. The van der Waals surface area contributed by atoms with Crippen LogP contribution in [0, 0.1) is 0 Å². The van der Waals surface area contributed by atoms with Gasteiger partial charge in [0.2, 0.25) is 0 Å². The fourth-order valence-corrected chi connectivity index (χ4v) is 5.10. The third kappa shape index (κ3) is 4.82. The zero-order chi connectivity index (χ0) is 23.3. The smallest absolute Gasteiger partial charge is 0.330 e. The largest absolute Gasteiger partial charge is 0.466 e. The summed E-state index contributed by atoms with van der Waals surface area (Å²) in [5.74, 6) is -0.329. The van der Waals surface area contributed by atoms with Gasteiger partial charge < -0.3 is 9.72 Å². The summed E-state index contributed by atoms with van der Waals surface area (Å²) in [6.45, 7) is 1.92. The number of benzene rings is 3. The molecule has 1 N–H and O–H groups in total. The molecule has 0 saturated carbocycles. The predicted octanol–water partition coefficient (Wildman–Crippen LogP) is 6.09. The molecule has 0 saturated heterocycles. The monoisotopic (exact) mass is 450 g/mol. The quantitative estimate of drug-likeness (QED) is 0.261. The number of hydrogen-bond donors (Lipinski definition) is 1. The lowest BCUT2D eigenvalue weighted by Gasteiger charge is -2.30. The molecule has 1 aliphatic carbocycles. The van der Waals surface area contributed by atoms with Gasteiger partial charge in [0, 0.05) is 42.3 Å². The van der Waals surface area contributed by atoms with Gasteiger partial charge in [-0.3, -0.25) is 4.90 Å². The van der Waals surface area contributed by atoms with E-state index in [1.807, 2.05) is 6.08 Å². The lowest BCUT2D eigenvalue weighted by molar-refractivity contribution is -0.134. The van der Waals surface area contributed by atoms with E-state index in [1.54, 1.807) is 0 Å². The molecule has 4 aromatic rings. The van der Waals surface area contributed by atoms with E-state index in [1.165, 1.54) is 46.3 Å². The molecule has 34 heavy (non-hydrogen) atoms. The van der Waals surface area contributed by atoms with E-state index in [4.69, 9.17) is 4.74 Å². The molecule has 1 aromatic heterocycles. The number of nitrogens with zero attached hydrogens (tertiary/aromatic N) is 1. The molecule has 0 aliphatic heterocycles. The minimum absolute atomic E-state index is 0.329. The number of ether oxygens (including phenoxy) is 1. The molecule has 0 radical (unpaired) electrons. The van der Waals surface area contributed by atoms with E-state index >= 15 is 0 Å². The zero-order valence-electron chi connectivity index (χ0n) is 19.5. The Balaban J connectivity index is 1.38. The summed E-state index contributed by atoms with van der Waals surface area (Å²) in [6.07, 6.45) is 8.64. The molecule has 1 unspecified atom stereocenters. The molecule has 0 amide bonds. The van der Waals surface area contributed by atoms with Crippen molar-refractivity contribution in [2.45, 2.75) is 31.8 Å². The van der Waals surface area contributed by atoms with Crippen molar-refractivity contribution in [2.75, 3.05) is 13.7 Å². The van der Waals surface area contributed by atoms with Gasteiger partial charge in [0.15, 0.2) is 0 Å². The molecule has 5 rings (SSSR count). The number of carbonyl (C=O) groups is 1. The average Bonchev–Trinajstić information content (AvgIpc) is 3.49. The summed E-state index contributed by atoms with van der Waals surface area (Å²) in [6, 6.07) is 26.2. The molecular formula is C30H30N2O2. The first kappa shape index (κ1) is 22.2. The molecule has 4 nitrogen and oxygen atoms in total. The first-order valence-electron chi connectivity index (χ1n) is 11.9. The maximum Gasteiger partial charge on any atom is 0.330 e. The van der Waals surface area contributed by atoms with Crippen LogP contribution in [0.1, 0.15) is 40.3 Å². The summed E-state index contributed by atoms with van der Waals surface area (Å²) in [5.41, 5.74) is 7.74. The van der Waals surface area contributed by atoms with Crippen LogP contribution in [-0.4, -0.2) is 29.5 Å². The number of fused-ring (bicyclic) bond motifs is 2. The van der Waals surface area contributed by atoms with Gasteiger partial charge in [-0.25, -0.2) is 4.79 Å². The summed E-state index contributed by atoms with van der Waals surface area (Å²) < 4.78 is 4.72. The van der Waals surface area contributed by atoms with Crippen molar-refractivity contribution in [1.82, 2.24) is 9.88 Å². The molecule has 1 aliphatic rings. The van der Waals surface area contributed by atoms with Gasteiger partial charge in [-0.1, -0.05) is 66.7 Å². The first-order valence-corrected chi connectivity index (χ1v) is 11.9. The Hall–Kier alpha value is -3.63. The van der Waals surface area contributed by atoms with Crippen molar-refractivity contribution < 1.29 is 9.53 Å². The maximum atomic E-state index is 11.5. The number of para-hydroxylation sites is 1. The summed E-state index contributed by atoms with van der Waals surface area (Å²) in [4.78, 5) is 17.5. The Labute approximate surface area is 200 Å². The second-order valence-corrected chi connectivity index (χ2v) is 8.93. The Morgan fingerprint density at radius 3 is 2.76 bits per heavy atom. The summed E-state index contributed by atoms with van der Waals surface area (Å²) >= 11 is 0. The van der Waals surface area contributed by atoms with Gasteiger partial charge >= 0.3 is 5.97 Å². The Morgan fingerprint density at radius 2 is 1.91 bits per heavy atom. The van der Waals surface area contributed by atoms with Crippen molar-refractivity contribution in [1.29, 1.82) is 0 Å². The lowest BCUT2D eigenvalue weighted by atomic mass is 10.0. The van der Waals surface area contributed by atoms with Crippen molar-refractivity contribution in [3.05, 3.63) is 113 Å². The van der Waals surface area contributed by atoms with E-state index < -0.39 is 0 Å².